The first-order valence-corrected chi connectivity index (χ1v) is 23.2. The summed E-state index contributed by atoms with van der Waals surface area (Å²) in [6.45, 7) is 10.4. The van der Waals surface area contributed by atoms with Gasteiger partial charge in [-0.15, -0.1) is 0 Å². The van der Waals surface area contributed by atoms with E-state index in [2.05, 4.69) is 35.6 Å². The highest BCUT2D eigenvalue weighted by molar-refractivity contribution is 6.33. The van der Waals surface area contributed by atoms with Crippen molar-refractivity contribution < 1.29 is 33.4 Å². The lowest BCUT2D eigenvalue weighted by Gasteiger charge is -2.44. The van der Waals surface area contributed by atoms with E-state index >= 15 is 0 Å². The van der Waals surface area contributed by atoms with Crippen molar-refractivity contribution in [3.05, 3.63) is 74.7 Å². The molecule has 0 spiro atoms. The number of hydrogen-bond donors (Lipinski definition) is 3. The Hall–Kier alpha value is -6.11. The van der Waals surface area contributed by atoms with Gasteiger partial charge < -0.3 is 34.5 Å². The molecule has 4 aromatic rings. The van der Waals surface area contributed by atoms with E-state index in [1.54, 1.807) is 22.9 Å². The molecule has 6 heterocycles. The van der Waals surface area contributed by atoms with Crippen molar-refractivity contribution in [3.63, 3.8) is 0 Å². The third-order valence-electron chi connectivity index (χ3n) is 13.6. The van der Waals surface area contributed by atoms with Gasteiger partial charge in [0.25, 0.3) is 23.3 Å². The van der Waals surface area contributed by atoms with Crippen LogP contribution in [0.5, 0.6) is 5.75 Å². The summed E-state index contributed by atoms with van der Waals surface area (Å²) in [6, 6.07) is 10.2. The molecule has 5 aliphatic rings. The maximum atomic E-state index is 13.6. The van der Waals surface area contributed by atoms with Crippen LogP contribution in [-0.4, -0.2) is 131 Å². The van der Waals surface area contributed by atoms with Gasteiger partial charge in [0.2, 0.25) is 17.8 Å². The second-order valence-electron chi connectivity index (χ2n) is 18.0. The first-order valence-electron chi connectivity index (χ1n) is 22.8. The number of fused-ring (bicyclic) bond motifs is 2. The van der Waals surface area contributed by atoms with Crippen LogP contribution in [0.2, 0.25) is 5.02 Å². The van der Waals surface area contributed by atoms with Gasteiger partial charge in [-0.05, 0) is 101 Å². The third kappa shape index (κ3) is 8.80. The van der Waals surface area contributed by atoms with Crippen molar-refractivity contribution >= 4 is 75.2 Å². The van der Waals surface area contributed by atoms with Crippen molar-refractivity contribution in [1.82, 2.24) is 35.0 Å². The van der Waals surface area contributed by atoms with E-state index in [4.69, 9.17) is 26.1 Å². The van der Waals surface area contributed by atoms with Gasteiger partial charge in [-0.3, -0.25) is 43.9 Å². The summed E-state index contributed by atoms with van der Waals surface area (Å²) >= 11 is 6.61. The highest BCUT2D eigenvalue weighted by atomic mass is 35.5. The number of halogens is 1. The molecule has 18 nitrogen and oxygen atoms in total. The number of carbonyl (C=O) groups excluding carboxylic acids is 5. The molecular weight excluding hydrogens is 868 g/mol. The molecule has 2 aromatic carbocycles. The van der Waals surface area contributed by atoms with Crippen LogP contribution in [0.25, 0.3) is 10.9 Å². The standard InChI is InChI=1S/C47H55ClN10O8/c1-26(2)57-36-8-6-29(20-28(36)21-38(45(57)63)65-25-40(60)49-4)51-42-34(48)24-50-47(53-42)56-16-12-31(13-17-56)66-32-22-30(23-32)54-14-5-15-55(19-18-54)35-9-7-33-41(27(35)3)46(64)58(44(33)62)37-10-11-39(59)52-43(37)61/h6-9,20-21,24,26,30-32,37H,5,10-19,22-23,25H2,1-4H3,(H,49,60)(H,50,51,53)(H,52,59,61)/t30-,32-,37?. The molecule has 1 atom stereocenters. The minimum Gasteiger partial charge on any atom is -0.478 e. The van der Waals surface area contributed by atoms with Crippen LogP contribution in [0.1, 0.15) is 91.1 Å². The van der Waals surface area contributed by atoms with E-state index in [-0.39, 0.29) is 54.9 Å². The molecule has 5 amide bonds. The molecule has 1 saturated carbocycles. The first kappa shape index (κ1) is 45.1. The minimum atomic E-state index is -0.990. The monoisotopic (exact) mass is 922 g/mol. The van der Waals surface area contributed by atoms with E-state index in [9.17, 15) is 28.8 Å². The fraction of sp³-hybridized carbons (Fsp3) is 0.489. The molecule has 0 bridgehead atoms. The van der Waals surface area contributed by atoms with Crippen LogP contribution in [0.3, 0.4) is 0 Å². The lowest BCUT2D eigenvalue weighted by molar-refractivity contribution is -0.136. The molecule has 1 aliphatic carbocycles. The number of nitrogens with zero attached hydrogens (tertiary/aromatic N) is 7. The number of benzene rings is 2. The van der Waals surface area contributed by atoms with Gasteiger partial charge >= 0.3 is 0 Å². The van der Waals surface area contributed by atoms with Gasteiger partial charge in [0, 0.05) is 81.6 Å². The highest BCUT2D eigenvalue weighted by Crippen LogP contribution is 2.37. The SMILES string of the molecule is CNC(=O)COc1cc2cc(Nc3nc(N4CCC(O[C@H]5C[C@H](N6CCCN(c7ccc8c(c7C)C(=O)N(C7CCC(=O)NC7=O)C8=O)CC6)C5)CC4)ncc3Cl)ccc2n(C(C)C)c1=O. The average Bonchev–Trinajstić information content (AvgIpc) is 3.39. The number of hydrogen-bond acceptors (Lipinski definition) is 14. The molecule has 1 unspecified atom stereocenters. The first-order chi connectivity index (χ1) is 31.8. The normalized spacial score (nSPS) is 21.8. The zero-order chi connectivity index (χ0) is 46.4. The molecular formula is C47H55ClN10O8. The highest BCUT2D eigenvalue weighted by Gasteiger charge is 2.46. The summed E-state index contributed by atoms with van der Waals surface area (Å²) in [6.07, 6.45) is 6.77. The summed E-state index contributed by atoms with van der Waals surface area (Å²) in [5.41, 5.74) is 3.43. The van der Waals surface area contributed by atoms with Crippen molar-refractivity contribution in [2.45, 2.75) is 96.1 Å². The lowest BCUT2D eigenvalue weighted by atomic mass is 9.87. The van der Waals surface area contributed by atoms with E-state index < -0.39 is 29.7 Å². The predicted molar refractivity (Wildman–Crippen MR) is 248 cm³/mol. The maximum absolute atomic E-state index is 13.6. The second-order valence-corrected chi connectivity index (χ2v) is 18.4. The fourth-order valence-electron chi connectivity index (χ4n) is 9.97. The molecule has 0 radical (unpaired) electrons. The Kier molecular flexibility index (Phi) is 12.7. The van der Waals surface area contributed by atoms with Crippen LogP contribution in [0.4, 0.5) is 23.1 Å². The summed E-state index contributed by atoms with van der Waals surface area (Å²) < 4.78 is 13.9. The molecule has 4 fully saturated rings. The zero-order valence-electron chi connectivity index (χ0n) is 37.6. The Morgan fingerprint density at radius 3 is 2.45 bits per heavy atom. The third-order valence-corrected chi connectivity index (χ3v) is 13.8. The number of aromatic nitrogens is 3. The zero-order valence-corrected chi connectivity index (χ0v) is 38.4. The molecule has 66 heavy (non-hydrogen) atoms. The van der Waals surface area contributed by atoms with Crippen molar-refractivity contribution in [2.75, 3.05) is 68.0 Å². The van der Waals surface area contributed by atoms with Crippen LogP contribution in [-0.2, 0) is 19.1 Å². The van der Waals surface area contributed by atoms with Crippen molar-refractivity contribution in [2.24, 2.45) is 0 Å². The van der Waals surface area contributed by atoms with Crippen LogP contribution in [0, 0.1) is 6.92 Å². The van der Waals surface area contributed by atoms with Crippen LogP contribution >= 0.6 is 11.6 Å². The Labute approximate surface area is 386 Å². The van der Waals surface area contributed by atoms with E-state index in [0.717, 1.165) is 98.4 Å². The Morgan fingerprint density at radius 2 is 1.71 bits per heavy atom. The van der Waals surface area contributed by atoms with Gasteiger partial charge in [0.15, 0.2) is 18.2 Å². The Morgan fingerprint density at radius 1 is 0.924 bits per heavy atom. The van der Waals surface area contributed by atoms with Gasteiger partial charge in [0.05, 0.1) is 35.0 Å². The predicted octanol–water partition coefficient (Wildman–Crippen LogP) is 4.33. The largest absolute Gasteiger partial charge is 0.478 e. The smallest absolute Gasteiger partial charge is 0.293 e. The number of ether oxygens (including phenoxy) is 2. The number of imide groups is 2. The molecule has 3 saturated heterocycles. The molecule has 19 heteroatoms. The molecule has 9 rings (SSSR count). The number of rotatable bonds is 12. The average molecular weight is 923 g/mol. The Balaban J connectivity index is 0.761. The van der Waals surface area contributed by atoms with E-state index in [1.165, 1.54) is 7.05 Å². The van der Waals surface area contributed by atoms with Crippen molar-refractivity contribution in [1.29, 1.82) is 0 Å². The second kappa shape index (κ2) is 18.6. The van der Waals surface area contributed by atoms with Crippen molar-refractivity contribution in [3.8, 4) is 5.75 Å². The van der Waals surface area contributed by atoms with Gasteiger partial charge in [0.1, 0.15) is 11.1 Å². The topological polar surface area (TPSA) is 201 Å². The Bertz CT molecular complexity index is 2660. The minimum absolute atomic E-state index is 0.0827. The van der Waals surface area contributed by atoms with Crippen LogP contribution < -0.4 is 36.0 Å². The number of likely N-dealkylation sites (N-methyl/N-ethyl adjacent to an activating group) is 1. The van der Waals surface area contributed by atoms with Gasteiger partial charge in [-0.25, -0.2) is 4.98 Å². The van der Waals surface area contributed by atoms with Gasteiger partial charge in [-0.1, -0.05) is 11.6 Å². The number of carbonyl (C=O) groups is 5. The molecule has 4 aliphatic heterocycles. The number of pyridine rings is 1. The molecule has 348 valence electrons. The summed E-state index contributed by atoms with van der Waals surface area (Å²) in [5.74, 6) is -1.20. The summed E-state index contributed by atoms with van der Waals surface area (Å²) in [4.78, 5) is 93.8. The van der Waals surface area contributed by atoms with E-state index in [0.29, 0.717) is 39.6 Å². The summed E-state index contributed by atoms with van der Waals surface area (Å²) in [5, 5.41) is 9.21. The number of amides is 5. The van der Waals surface area contributed by atoms with Gasteiger partial charge in [-0.2, -0.15) is 4.98 Å². The molecule has 3 N–H and O–H groups in total. The number of nitrogens with one attached hydrogen (secondary N) is 3. The number of anilines is 4. The van der Waals surface area contributed by atoms with Crippen LogP contribution in [0.15, 0.2) is 47.4 Å². The number of piperidine rings is 2. The fourth-order valence-corrected chi connectivity index (χ4v) is 10.1. The molecule has 2 aromatic heterocycles. The lowest BCUT2D eigenvalue weighted by Crippen LogP contribution is -2.54. The quantitative estimate of drug-likeness (QED) is 0.170. The summed E-state index contributed by atoms with van der Waals surface area (Å²) in [7, 11) is 1.51. The van der Waals surface area contributed by atoms with E-state index in [1.807, 2.05) is 45.0 Å². The maximum Gasteiger partial charge on any atom is 0.293 e.